The Bertz CT molecular complexity index is 1050. The molecule has 1 aliphatic carbocycles. The van der Waals surface area contributed by atoms with Gasteiger partial charge in [-0.25, -0.2) is 4.79 Å². The molecule has 162 valence electrons. The molecular formula is C25H29N3O3. The molecule has 4 amide bonds. The highest BCUT2D eigenvalue weighted by atomic mass is 16.2. The van der Waals surface area contributed by atoms with Crippen LogP contribution in [0.5, 0.6) is 0 Å². The van der Waals surface area contributed by atoms with E-state index < -0.39 is 11.6 Å². The van der Waals surface area contributed by atoms with Crippen LogP contribution in [0.15, 0.2) is 42.5 Å². The van der Waals surface area contributed by atoms with E-state index in [1.807, 2.05) is 47.4 Å². The van der Waals surface area contributed by atoms with Gasteiger partial charge in [0.2, 0.25) is 5.91 Å². The number of nitrogens with zero attached hydrogens (tertiary/aromatic N) is 2. The van der Waals surface area contributed by atoms with Crippen LogP contribution in [0, 0.1) is 11.8 Å². The summed E-state index contributed by atoms with van der Waals surface area (Å²) in [4.78, 5) is 42.2. The van der Waals surface area contributed by atoms with Crippen LogP contribution < -0.4 is 5.32 Å². The van der Waals surface area contributed by atoms with Gasteiger partial charge in [0, 0.05) is 13.1 Å². The molecule has 2 aromatic carbocycles. The molecule has 31 heavy (non-hydrogen) atoms. The molecule has 2 aromatic rings. The fourth-order valence-corrected chi connectivity index (χ4v) is 5.75. The number of hydrogen-bond donors (Lipinski definition) is 1. The van der Waals surface area contributed by atoms with Crippen molar-refractivity contribution in [3.63, 3.8) is 0 Å². The summed E-state index contributed by atoms with van der Waals surface area (Å²) in [6, 6.07) is 13.1. The van der Waals surface area contributed by atoms with Crippen molar-refractivity contribution in [1.82, 2.24) is 15.1 Å². The highest BCUT2D eigenvalue weighted by molar-refractivity contribution is 6.10. The smallest absolute Gasteiger partial charge is 0.325 e. The molecular weight excluding hydrogens is 390 g/mol. The van der Waals surface area contributed by atoms with Gasteiger partial charge in [0.15, 0.2) is 0 Å². The van der Waals surface area contributed by atoms with Crippen molar-refractivity contribution in [2.45, 2.75) is 44.6 Å². The van der Waals surface area contributed by atoms with E-state index in [1.54, 1.807) is 6.92 Å². The standard InChI is InChI=1S/C25H29N3O3/c1-25(21-12-6-10-18-8-4-5-11-20(18)21)23(30)28(24(31)26-25)16-22(29)27-14-13-17-7-2-3-9-19(17)15-27/h4-6,8,10-12,17,19H,2-3,7,9,13-16H2,1H3,(H,26,31)/t17-,19+,25+/m0/s1. The van der Waals surface area contributed by atoms with Gasteiger partial charge in [-0.3, -0.25) is 14.5 Å². The maximum atomic E-state index is 13.4. The Morgan fingerprint density at radius 1 is 1.03 bits per heavy atom. The number of nitrogens with one attached hydrogen (secondary N) is 1. The third-order valence-electron chi connectivity index (χ3n) is 7.54. The molecule has 1 N–H and O–H groups in total. The Kier molecular flexibility index (Phi) is 4.95. The molecule has 0 radical (unpaired) electrons. The number of carbonyl (C=O) groups excluding carboxylic acids is 3. The van der Waals surface area contributed by atoms with Crippen LogP contribution >= 0.6 is 0 Å². The van der Waals surface area contributed by atoms with Crippen molar-refractivity contribution in [1.29, 1.82) is 0 Å². The zero-order valence-electron chi connectivity index (χ0n) is 18.0. The van der Waals surface area contributed by atoms with Gasteiger partial charge in [0.25, 0.3) is 5.91 Å². The summed E-state index contributed by atoms with van der Waals surface area (Å²) in [6.07, 6.45) is 6.01. The van der Waals surface area contributed by atoms with Gasteiger partial charge in [-0.15, -0.1) is 0 Å². The van der Waals surface area contributed by atoms with Gasteiger partial charge < -0.3 is 10.2 Å². The van der Waals surface area contributed by atoms with E-state index in [1.165, 1.54) is 25.7 Å². The first kappa shape index (κ1) is 20.0. The van der Waals surface area contributed by atoms with Crippen molar-refractivity contribution in [3.8, 4) is 0 Å². The molecule has 0 spiro atoms. The fraction of sp³-hybridized carbons (Fsp3) is 0.480. The number of urea groups is 1. The van der Waals surface area contributed by atoms with E-state index in [2.05, 4.69) is 5.32 Å². The predicted molar refractivity (Wildman–Crippen MR) is 118 cm³/mol. The number of rotatable bonds is 3. The number of piperidine rings is 1. The molecule has 3 fully saturated rings. The lowest BCUT2D eigenvalue weighted by atomic mass is 9.75. The van der Waals surface area contributed by atoms with E-state index in [0.29, 0.717) is 5.92 Å². The molecule has 0 unspecified atom stereocenters. The molecule has 2 saturated heterocycles. The first-order chi connectivity index (χ1) is 15.0. The first-order valence-corrected chi connectivity index (χ1v) is 11.4. The van der Waals surface area contributed by atoms with Gasteiger partial charge in [-0.2, -0.15) is 0 Å². The van der Waals surface area contributed by atoms with Gasteiger partial charge in [-0.1, -0.05) is 61.7 Å². The molecule has 1 saturated carbocycles. The molecule has 3 aliphatic rings. The minimum absolute atomic E-state index is 0.130. The Balaban J connectivity index is 1.35. The van der Waals surface area contributed by atoms with Gasteiger partial charge in [0.1, 0.15) is 12.1 Å². The topological polar surface area (TPSA) is 69.7 Å². The van der Waals surface area contributed by atoms with Crippen molar-refractivity contribution >= 4 is 28.6 Å². The fourth-order valence-electron chi connectivity index (χ4n) is 5.75. The second-order valence-electron chi connectivity index (χ2n) is 9.41. The summed E-state index contributed by atoms with van der Waals surface area (Å²) in [5, 5.41) is 4.79. The monoisotopic (exact) mass is 419 g/mol. The summed E-state index contributed by atoms with van der Waals surface area (Å²) in [6.45, 7) is 3.02. The number of likely N-dealkylation sites (tertiary alicyclic amines) is 1. The average molecular weight is 420 g/mol. The predicted octanol–water partition coefficient (Wildman–Crippen LogP) is 3.65. The first-order valence-electron chi connectivity index (χ1n) is 11.4. The summed E-state index contributed by atoms with van der Waals surface area (Å²) >= 11 is 0. The minimum atomic E-state index is -1.19. The number of fused-ring (bicyclic) bond motifs is 2. The van der Waals surface area contributed by atoms with E-state index in [4.69, 9.17) is 0 Å². The van der Waals surface area contributed by atoms with Crippen LogP contribution in [0.1, 0.15) is 44.6 Å². The summed E-state index contributed by atoms with van der Waals surface area (Å²) in [5.41, 5.74) is -0.434. The van der Waals surface area contributed by atoms with Crippen LogP contribution in [0.4, 0.5) is 4.79 Å². The van der Waals surface area contributed by atoms with Crippen molar-refractivity contribution in [2.75, 3.05) is 19.6 Å². The van der Waals surface area contributed by atoms with Gasteiger partial charge >= 0.3 is 6.03 Å². The molecule has 0 bridgehead atoms. The third-order valence-corrected chi connectivity index (χ3v) is 7.54. The second kappa shape index (κ2) is 7.66. The number of hydrogen-bond acceptors (Lipinski definition) is 3. The van der Waals surface area contributed by atoms with Gasteiger partial charge in [-0.05, 0) is 47.9 Å². The Labute approximate surface area is 182 Å². The molecule has 5 rings (SSSR count). The van der Waals surface area contributed by atoms with Crippen LogP contribution in [-0.2, 0) is 15.1 Å². The molecule has 2 heterocycles. The minimum Gasteiger partial charge on any atom is -0.341 e. The molecule has 0 aromatic heterocycles. The summed E-state index contributed by atoms with van der Waals surface area (Å²) in [5.74, 6) is 0.795. The largest absolute Gasteiger partial charge is 0.341 e. The summed E-state index contributed by atoms with van der Waals surface area (Å²) in [7, 11) is 0. The lowest BCUT2D eigenvalue weighted by Crippen LogP contribution is -2.49. The maximum Gasteiger partial charge on any atom is 0.325 e. The zero-order chi connectivity index (χ0) is 21.6. The lowest BCUT2D eigenvalue weighted by Gasteiger charge is -2.41. The Morgan fingerprint density at radius 2 is 1.77 bits per heavy atom. The van der Waals surface area contributed by atoms with E-state index >= 15 is 0 Å². The van der Waals surface area contributed by atoms with Crippen LogP contribution in [0.25, 0.3) is 10.8 Å². The Morgan fingerprint density at radius 3 is 2.61 bits per heavy atom. The van der Waals surface area contributed by atoms with E-state index in [0.717, 1.165) is 46.7 Å². The van der Waals surface area contributed by atoms with Crippen LogP contribution in [-0.4, -0.2) is 47.3 Å². The molecule has 3 atom stereocenters. The van der Waals surface area contributed by atoms with Crippen LogP contribution in [0.3, 0.4) is 0 Å². The highest BCUT2D eigenvalue weighted by Crippen LogP contribution is 2.37. The summed E-state index contributed by atoms with van der Waals surface area (Å²) < 4.78 is 0. The van der Waals surface area contributed by atoms with Crippen molar-refractivity contribution < 1.29 is 14.4 Å². The van der Waals surface area contributed by atoms with Crippen LogP contribution in [0.2, 0.25) is 0 Å². The molecule has 2 aliphatic heterocycles. The lowest BCUT2D eigenvalue weighted by molar-refractivity contribution is -0.140. The number of imide groups is 1. The number of benzene rings is 2. The zero-order valence-corrected chi connectivity index (χ0v) is 18.0. The van der Waals surface area contributed by atoms with Crippen molar-refractivity contribution in [3.05, 3.63) is 48.0 Å². The second-order valence-corrected chi connectivity index (χ2v) is 9.41. The SMILES string of the molecule is C[C@]1(c2cccc3ccccc23)NC(=O)N(CC(=O)N2CC[C@@H]3CCCC[C@@H]3C2)C1=O. The maximum absolute atomic E-state index is 13.4. The molecule has 6 heteroatoms. The van der Waals surface area contributed by atoms with Crippen molar-refractivity contribution in [2.24, 2.45) is 11.8 Å². The number of carbonyl (C=O) groups is 3. The average Bonchev–Trinajstić information content (AvgIpc) is 3.02. The quantitative estimate of drug-likeness (QED) is 0.772. The van der Waals surface area contributed by atoms with E-state index in [9.17, 15) is 14.4 Å². The third kappa shape index (κ3) is 3.38. The van der Waals surface area contributed by atoms with Gasteiger partial charge in [0.05, 0.1) is 0 Å². The van der Waals surface area contributed by atoms with E-state index in [-0.39, 0.29) is 18.4 Å². The highest BCUT2D eigenvalue weighted by Gasteiger charge is 2.50. The normalized spacial score (nSPS) is 28.5. The number of amides is 4. The molecule has 6 nitrogen and oxygen atoms in total. The Hall–Kier alpha value is -2.89.